The quantitative estimate of drug-likeness (QED) is 0.758. The van der Waals surface area contributed by atoms with Crippen LogP contribution in [0.4, 0.5) is 13.2 Å². The molecule has 0 aromatic carbocycles. The van der Waals surface area contributed by atoms with Gasteiger partial charge in [0.25, 0.3) is 0 Å². The highest BCUT2D eigenvalue weighted by Crippen LogP contribution is 2.45. The van der Waals surface area contributed by atoms with E-state index >= 15 is 0 Å². The first-order valence-electron chi connectivity index (χ1n) is 5.54. The van der Waals surface area contributed by atoms with Crippen LogP contribution in [-0.4, -0.2) is 23.5 Å². The first-order valence-corrected chi connectivity index (χ1v) is 5.54. The van der Waals surface area contributed by atoms with Crippen LogP contribution in [0.25, 0.3) is 0 Å². The highest BCUT2D eigenvalue weighted by molar-refractivity contribution is 5.15. The molecule has 2 rings (SSSR count). The van der Waals surface area contributed by atoms with Crippen molar-refractivity contribution in [1.82, 2.24) is 0 Å². The Morgan fingerprint density at radius 3 is 2.75 bits per heavy atom. The van der Waals surface area contributed by atoms with Gasteiger partial charge in [0, 0.05) is 6.42 Å². The van der Waals surface area contributed by atoms with E-state index < -0.39 is 17.7 Å². The zero-order valence-corrected chi connectivity index (χ0v) is 8.89. The Hall–Kier alpha value is -0.710. The van der Waals surface area contributed by atoms with Crippen molar-refractivity contribution in [2.45, 2.75) is 43.9 Å². The summed E-state index contributed by atoms with van der Waals surface area (Å²) >= 11 is 0. The molecule has 5 heteroatoms. The molecule has 92 valence electrons. The number of rotatable bonds is 1. The van der Waals surface area contributed by atoms with E-state index in [2.05, 4.69) is 0 Å². The summed E-state index contributed by atoms with van der Waals surface area (Å²) in [5.41, 5.74) is -1.39. The average Bonchev–Trinajstić information content (AvgIpc) is 2.69. The molecular weight excluding hydrogens is 221 g/mol. The maximum atomic E-state index is 12.6. The number of aliphatic hydroxyl groups is 1. The third-order valence-corrected chi connectivity index (χ3v) is 3.35. The van der Waals surface area contributed by atoms with Gasteiger partial charge >= 0.3 is 6.18 Å². The SMILES string of the molecule is OC1(C2=CCCO2)CCCC(C(F)(F)F)C1. The molecule has 1 N–H and O–H groups in total. The Morgan fingerprint density at radius 1 is 1.44 bits per heavy atom. The molecular formula is C11H15F3O2. The van der Waals surface area contributed by atoms with Crippen LogP contribution < -0.4 is 0 Å². The zero-order valence-electron chi connectivity index (χ0n) is 8.89. The van der Waals surface area contributed by atoms with Crippen LogP contribution in [0, 0.1) is 5.92 Å². The van der Waals surface area contributed by atoms with E-state index in [9.17, 15) is 18.3 Å². The smallest absolute Gasteiger partial charge is 0.391 e. The second kappa shape index (κ2) is 3.95. The molecule has 1 aliphatic carbocycles. The van der Waals surface area contributed by atoms with Crippen molar-refractivity contribution in [3.63, 3.8) is 0 Å². The van der Waals surface area contributed by atoms with Gasteiger partial charge in [-0.05, 0) is 31.8 Å². The van der Waals surface area contributed by atoms with Crippen LogP contribution in [-0.2, 0) is 4.74 Å². The molecule has 0 amide bonds. The van der Waals surface area contributed by atoms with Crippen molar-refractivity contribution < 1.29 is 23.0 Å². The minimum atomic E-state index is -4.21. The van der Waals surface area contributed by atoms with Crippen LogP contribution in [0.15, 0.2) is 11.8 Å². The maximum Gasteiger partial charge on any atom is 0.391 e. The fourth-order valence-corrected chi connectivity index (χ4v) is 2.50. The van der Waals surface area contributed by atoms with Crippen LogP contribution >= 0.6 is 0 Å². The number of hydrogen-bond donors (Lipinski definition) is 1. The third-order valence-electron chi connectivity index (χ3n) is 3.35. The van der Waals surface area contributed by atoms with Gasteiger partial charge < -0.3 is 9.84 Å². The van der Waals surface area contributed by atoms with Crippen LogP contribution in [0.1, 0.15) is 32.1 Å². The van der Waals surface area contributed by atoms with Gasteiger partial charge in [-0.25, -0.2) is 0 Å². The predicted octanol–water partition coefficient (Wildman–Crippen LogP) is 2.77. The number of ether oxygens (including phenoxy) is 1. The molecule has 16 heavy (non-hydrogen) atoms. The van der Waals surface area contributed by atoms with Crippen molar-refractivity contribution in [3.8, 4) is 0 Å². The molecule has 1 heterocycles. The minimum absolute atomic E-state index is 0.110. The molecule has 1 saturated carbocycles. The third kappa shape index (κ3) is 2.19. The summed E-state index contributed by atoms with van der Waals surface area (Å²) in [6, 6.07) is 0. The molecule has 1 fully saturated rings. The van der Waals surface area contributed by atoms with E-state index in [1.54, 1.807) is 6.08 Å². The molecule has 0 saturated heterocycles. The fraction of sp³-hybridized carbons (Fsp3) is 0.818. The topological polar surface area (TPSA) is 29.5 Å². The van der Waals surface area contributed by atoms with Crippen LogP contribution in [0.5, 0.6) is 0 Å². The Bertz CT molecular complexity index is 298. The summed E-state index contributed by atoms with van der Waals surface area (Å²) in [6.45, 7) is 0.467. The zero-order chi connectivity index (χ0) is 11.8. The minimum Gasteiger partial charge on any atom is -0.495 e. The monoisotopic (exact) mass is 236 g/mol. The first kappa shape index (κ1) is 11.8. The van der Waals surface area contributed by atoms with Gasteiger partial charge in [0.2, 0.25) is 0 Å². The van der Waals surface area contributed by atoms with E-state index in [4.69, 9.17) is 4.74 Å². The molecule has 2 nitrogen and oxygen atoms in total. The summed E-state index contributed by atoms with van der Waals surface area (Å²) in [4.78, 5) is 0. The van der Waals surface area contributed by atoms with E-state index in [1.165, 1.54) is 0 Å². The number of alkyl halides is 3. The Balaban J connectivity index is 2.11. The summed E-state index contributed by atoms with van der Waals surface area (Å²) in [5.74, 6) is -1.06. The van der Waals surface area contributed by atoms with Gasteiger partial charge in [-0.2, -0.15) is 13.2 Å². The number of halogens is 3. The Labute approximate surface area is 92.1 Å². The second-order valence-electron chi connectivity index (χ2n) is 4.57. The molecule has 1 aliphatic heterocycles. The molecule has 0 aromatic heterocycles. The van der Waals surface area contributed by atoms with Crippen molar-refractivity contribution in [1.29, 1.82) is 0 Å². The number of hydrogen-bond acceptors (Lipinski definition) is 2. The summed E-state index contributed by atoms with van der Waals surface area (Å²) in [7, 11) is 0. The van der Waals surface area contributed by atoms with Crippen LogP contribution in [0.3, 0.4) is 0 Å². The average molecular weight is 236 g/mol. The van der Waals surface area contributed by atoms with Crippen molar-refractivity contribution in [3.05, 3.63) is 11.8 Å². The lowest BCUT2D eigenvalue weighted by atomic mass is 9.76. The summed E-state index contributed by atoms with van der Waals surface area (Å²) < 4.78 is 43.0. The highest BCUT2D eigenvalue weighted by Gasteiger charge is 2.49. The standard InChI is InChI=1S/C11H15F3O2/c12-11(13,14)8-3-1-5-10(15,7-8)9-4-2-6-16-9/h4,8,15H,1-3,5-7H2. The van der Waals surface area contributed by atoms with Crippen molar-refractivity contribution in [2.24, 2.45) is 5.92 Å². The maximum absolute atomic E-state index is 12.6. The van der Waals surface area contributed by atoms with Crippen molar-refractivity contribution in [2.75, 3.05) is 6.61 Å². The second-order valence-corrected chi connectivity index (χ2v) is 4.57. The molecule has 0 bridgehead atoms. The molecule has 2 unspecified atom stereocenters. The normalized spacial score (nSPS) is 35.8. The lowest BCUT2D eigenvalue weighted by Gasteiger charge is -2.37. The van der Waals surface area contributed by atoms with Gasteiger partial charge in [-0.1, -0.05) is 0 Å². The highest BCUT2D eigenvalue weighted by atomic mass is 19.4. The molecule has 0 spiro atoms. The molecule has 2 aliphatic rings. The predicted molar refractivity (Wildman–Crippen MR) is 51.6 cm³/mol. The van der Waals surface area contributed by atoms with Gasteiger partial charge in [0.15, 0.2) is 0 Å². The summed E-state index contributed by atoms with van der Waals surface area (Å²) in [5, 5.41) is 10.2. The molecule has 2 atom stereocenters. The lowest BCUT2D eigenvalue weighted by molar-refractivity contribution is -0.199. The van der Waals surface area contributed by atoms with Gasteiger partial charge in [0.05, 0.1) is 12.5 Å². The van der Waals surface area contributed by atoms with Crippen molar-refractivity contribution >= 4 is 0 Å². The van der Waals surface area contributed by atoms with E-state index in [0.29, 0.717) is 31.6 Å². The van der Waals surface area contributed by atoms with E-state index in [1.807, 2.05) is 0 Å². The Kier molecular flexibility index (Phi) is 2.90. The first-order chi connectivity index (χ1) is 7.42. The summed E-state index contributed by atoms with van der Waals surface area (Å²) in [6.07, 6.45) is -1.23. The van der Waals surface area contributed by atoms with Gasteiger partial charge in [-0.15, -0.1) is 0 Å². The molecule has 0 radical (unpaired) electrons. The fourth-order valence-electron chi connectivity index (χ4n) is 2.50. The van der Waals surface area contributed by atoms with E-state index in [0.717, 1.165) is 0 Å². The lowest BCUT2D eigenvalue weighted by Crippen LogP contribution is -2.41. The molecule has 0 aromatic rings. The van der Waals surface area contributed by atoms with Gasteiger partial charge in [-0.3, -0.25) is 0 Å². The largest absolute Gasteiger partial charge is 0.495 e. The van der Waals surface area contributed by atoms with Crippen LogP contribution in [0.2, 0.25) is 0 Å². The van der Waals surface area contributed by atoms with Gasteiger partial charge in [0.1, 0.15) is 11.4 Å². The Morgan fingerprint density at radius 2 is 2.19 bits per heavy atom. The van der Waals surface area contributed by atoms with E-state index in [-0.39, 0.29) is 12.8 Å².